The van der Waals surface area contributed by atoms with Crippen molar-refractivity contribution in [3.05, 3.63) is 41.7 Å². The first-order valence-electron chi connectivity index (χ1n) is 6.23. The Labute approximate surface area is 115 Å². The molecule has 0 saturated heterocycles. The van der Waals surface area contributed by atoms with Crippen LogP contribution < -0.4 is 5.32 Å². The molecule has 0 fully saturated rings. The molecule has 2 rings (SSSR count). The number of benzene rings is 1. The van der Waals surface area contributed by atoms with Gasteiger partial charge in [-0.15, -0.1) is 0 Å². The van der Waals surface area contributed by atoms with E-state index in [4.69, 9.17) is 4.74 Å². The molecule has 1 aromatic carbocycles. The van der Waals surface area contributed by atoms with E-state index in [0.717, 1.165) is 12.1 Å². The van der Waals surface area contributed by atoms with Gasteiger partial charge in [-0.1, -0.05) is 0 Å². The van der Waals surface area contributed by atoms with Crippen LogP contribution >= 0.6 is 0 Å². The number of ether oxygens (including phenoxy) is 1. The van der Waals surface area contributed by atoms with Crippen LogP contribution in [0.25, 0.3) is 11.3 Å². The summed E-state index contributed by atoms with van der Waals surface area (Å²) in [4.78, 5) is 8.53. The Morgan fingerprint density at radius 3 is 2.60 bits per heavy atom. The number of rotatable bonds is 5. The summed E-state index contributed by atoms with van der Waals surface area (Å²) in [6, 6.07) is 5.34. The molecule has 0 saturated carbocycles. The van der Waals surface area contributed by atoms with E-state index in [2.05, 4.69) is 15.3 Å². The van der Waals surface area contributed by atoms with Crippen LogP contribution in [0.1, 0.15) is 12.7 Å². The van der Waals surface area contributed by atoms with Crippen LogP contribution in [0, 0.1) is 11.6 Å². The third-order valence-electron chi connectivity index (χ3n) is 2.68. The van der Waals surface area contributed by atoms with Gasteiger partial charge in [0.2, 0.25) is 0 Å². The highest BCUT2D eigenvalue weighted by atomic mass is 19.2. The summed E-state index contributed by atoms with van der Waals surface area (Å²) in [5.74, 6) is -0.711. The summed E-state index contributed by atoms with van der Waals surface area (Å²) in [6.45, 7) is 2.69. The van der Waals surface area contributed by atoms with Crippen LogP contribution in [0.15, 0.2) is 24.3 Å². The molecule has 2 aromatic rings. The third-order valence-corrected chi connectivity index (χ3v) is 2.68. The highest BCUT2D eigenvalue weighted by molar-refractivity contribution is 5.62. The quantitative estimate of drug-likeness (QED) is 0.914. The second kappa shape index (κ2) is 6.38. The number of nitrogens with one attached hydrogen (secondary N) is 1. The summed E-state index contributed by atoms with van der Waals surface area (Å²) in [7, 11) is 1.72. The maximum Gasteiger partial charge on any atom is 0.159 e. The monoisotopic (exact) mass is 279 g/mol. The van der Waals surface area contributed by atoms with Gasteiger partial charge in [-0.25, -0.2) is 18.7 Å². The average molecular weight is 279 g/mol. The van der Waals surface area contributed by atoms with Crippen molar-refractivity contribution in [3.8, 4) is 11.3 Å². The molecule has 0 amide bonds. The van der Waals surface area contributed by atoms with Crippen LogP contribution in [0.2, 0.25) is 0 Å². The summed E-state index contributed by atoms with van der Waals surface area (Å²) in [6.07, 6.45) is 0. The number of halogens is 2. The lowest BCUT2D eigenvalue weighted by Crippen LogP contribution is -2.04. The molecule has 0 radical (unpaired) electrons. The predicted octanol–water partition coefficient (Wildman–Crippen LogP) is 3.00. The van der Waals surface area contributed by atoms with Crippen molar-refractivity contribution in [3.63, 3.8) is 0 Å². The van der Waals surface area contributed by atoms with Gasteiger partial charge < -0.3 is 10.1 Å². The fourth-order valence-corrected chi connectivity index (χ4v) is 1.69. The number of hydrogen-bond acceptors (Lipinski definition) is 4. The normalized spacial score (nSPS) is 10.6. The molecule has 106 valence electrons. The molecule has 0 bridgehead atoms. The third kappa shape index (κ3) is 3.27. The molecule has 1 aromatic heterocycles. The van der Waals surface area contributed by atoms with E-state index in [-0.39, 0.29) is 6.61 Å². The van der Waals surface area contributed by atoms with E-state index < -0.39 is 11.6 Å². The molecule has 0 unspecified atom stereocenters. The van der Waals surface area contributed by atoms with Gasteiger partial charge in [0.25, 0.3) is 0 Å². The zero-order valence-corrected chi connectivity index (χ0v) is 11.3. The van der Waals surface area contributed by atoms with Gasteiger partial charge in [-0.05, 0) is 25.1 Å². The second-order valence-electron chi connectivity index (χ2n) is 4.07. The predicted molar refractivity (Wildman–Crippen MR) is 72.3 cm³/mol. The zero-order valence-electron chi connectivity index (χ0n) is 11.3. The van der Waals surface area contributed by atoms with Gasteiger partial charge in [-0.3, -0.25) is 0 Å². The highest BCUT2D eigenvalue weighted by Crippen LogP contribution is 2.22. The fraction of sp³-hybridized carbons (Fsp3) is 0.286. The molecule has 0 aliphatic carbocycles. The van der Waals surface area contributed by atoms with E-state index >= 15 is 0 Å². The Morgan fingerprint density at radius 1 is 1.15 bits per heavy atom. The van der Waals surface area contributed by atoms with Crippen molar-refractivity contribution >= 4 is 5.82 Å². The minimum absolute atomic E-state index is 0.267. The smallest absolute Gasteiger partial charge is 0.159 e. The summed E-state index contributed by atoms with van der Waals surface area (Å²) >= 11 is 0. The Hall–Kier alpha value is -2.08. The van der Waals surface area contributed by atoms with E-state index in [1.165, 1.54) is 6.07 Å². The zero-order chi connectivity index (χ0) is 14.5. The van der Waals surface area contributed by atoms with E-state index in [0.29, 0.717) is 29.5 Å². The van der Waals surface area contributed by atoms with Crippen LogP contribution in [-0.4, -0.2) is 23.6 Å². The first-order chi connectivity index (χ1) is 9.63. The lowest BCUT2D eigenvalue weighted by atomic mass is 10.1. The van der Waals surface area contributed by atoms with Crippen molar-refractivity contribution in [2.45, 2.75) is 13.5 Å². The summed E-state index contributed by atoms with van der Waals surface area (Å²) < 4.78 is 31.5. The van der Waals surface area contributed by atoms with E-state index in [1.807, 2.05) is 6.92 Å². The number of aromatic nitrogens is 2. The number of hydrogen-bond donors (Lipinski definition) is 1. The standard InChI is InChI=1S/C14H15F2N3O/c1-3-20-8-14-18-12(7-13(17-2)19-14)9-4-5-10(15)11(16)6-9/h4-7H,3,8H2,1-2H3,(H,17,18,19). The molecule has 0 atom stereocenters. The molecule has 0 aliphatic rings. The number of nitrogens with zero attached hydrogens (tertiary/aromatic N) is 2. The average Bonchev–Trinajstić information content (AvgIpc) is 2.47. The van der Waals surface area contributed by atoms with Crippen LogP contribution in [0.5, 0.6) is 0 Å². The van der Waals surface area contributed by atoms with Crippen LogP contribution in [-0.2, 0) is 11.3 Å². The number of anilines is 1. The first-order valence-corrected chi connectivity index (χ1v) is 6.23. The largest absolute Gasteiger partial charge is 0.374 e. The van der Waals surface area contributed by atoms with Crippen molar-refractivity contribution in [1.29, 1.82) is 0 Å². The minimum atomic E-state index is -0.904. The molecule has 20 heavy (non-hydrogen) atoms. The Balaban J connectivity index is 2.41. The molecule has 4 nitrogen and oxygen atoms in total. The van der Waals surface area contributed by atoms with Gasteiger partial charge in [0.1, 0.15) is 12.4 Å². The maximum absolute atomic E-state index is 13.3. The highest BCUT2D eigenvalue weighted by Gasteiger charge is 2.09. The maximum atomic E-state index is 13.3. The van der Waals surface area contributed by atoms with Gasteiger partial charge in [-0.2, -0.15) is 0 Å². The Kier molecular flexibility index (Phi) is 4.57. The lowest BCUT2D eigenvalue weighted by molar-refractivity contribution is 0.128. The van der Waals surface area contributed by atoms with E-state index in [9.17, 15) is 8.78 Å². The van der Waals surface area contributed by atoms with Crippen molar-refractivity contribution < 1.29 is 13.5 Å². The first kappa shape index (κ1) is 14.3. The molecule has 1 heterocycles. The molecule has 6 heteroatoms. The molecule has 0 aliphatic heterocycles. The van der Waals surface area contributed by atoms with Gasteiger partial charge in [0, 0.05) is 25.3 Å². The molecule has 0 spiro atoms. The summed E-state index contributed by atoms with van der Waals surface area (Å²) in [5, 5.41) is 2.91. The van der Waals surface area contributed by atoms with Crippen molar-refractivity contribution in [1.82, 2.24) is 9.97 Å². The molecular formula is C14H15F2N3O. The molecule has 1 N–H and O–H groups in total. The topological polar surface area (TPSA) is 47.0 Å². The van der Waals surface area contributed by atoms with Crippen LogP contribution in [0.3, 0.4) is 0 Å². The Bertz CT molecular complexity index is 605. The fourth-order valence-electron chi connectivity index (χ4n) is 1.69. The van der Waals surface area contributed by atoms with Crippen molar-refractivity contribution in [2.24, 2.45) is 0 Å². The van der Waals surface area contributed by atoms with Gasteiger partial charge in [0.15, 0.2) is 17.5 Å². The Morgan fingerprint density at radius 2 is 1.95 bits per heavy atom. The lowest BCUT2D eigenvalue weighted by Gasteiger charge is -2.08. The van der Waals surface area contributed by atoms with Crippen LogP contribution in [0.4, 0.5) is 14.6 Å². The molecular weight excluding hydrogens is 264 g/mol. The summed E-state index contributed by atoms with van der Waals surface area (Å²) in [5.41, 5.74) is 0.999. The minimum Gasteiger partial charge on any atom is -0.374 e. The van der Waals surface area contributed by atoms with Crippen molar-refractivity contribution in [2.75, 3.05) is 19.0 Å². The van der Waals surface area contributed by atoms with Gasteiger partial charge >= 0.3 is 0 Å². The van der Waals surface area contributed by atoms with Gasteiger partial charge in [0.05, 0.1) is 5.69 Å². The van der Waals surface area contributed by atoms with E-state index in [1.54, 1.807) is 13.1 Å². The SMILES string of the molecule is CCOCc1nc(NC)cc(-c2ccc(F)c(F)c2)n1. The second-order valence-corrected chi connectivity index (χ2v) is 4.07.